The second kappa shape index (κ2) is 15.8. The number of esters is 1. The van der Waals surface area contributed by atoms with E-state index >= 15 is 0 Å². The molecule has 0 aliphatic carbocycles. The van der Waals surface area contributed by atoms with Gasteiger partial charge in [0.25, 0.3) is 0 Å². The van der Waals surface area contributed by atoms with Gasteiger partial charge in [0.1, 0.15) is 0 Å². The van der Waals surface area contributed by atoms with Crippen molar-refractivity contribution in [1.82, 2.24) is 0 Å². The molecule has 0 aliphatic heterocycles. The van der Waals surface area contributed by atoms with Gasteiger partial charge in [0.15, 0.2) is 5.60 Å². The average Bonchev–Trinajstić information content (AvgIpc) is 2.67. The minimum Gasteiger partial charge on any atom is -0.828 e. The average molecular weight is 464 g/mol. The molecular weight excluding hydrogens is 426 g/mol. The van der Waals surface area contributed by atoms with Crippen LogP contribution < -0.4 is 5.11 Å². The van der Waals surface area contributed by atoms with Crippen LogP contribution in [-0.2, 0) is 9.53 Å². The van der Waals surface area contributed by atoms with E-state index in [1.54, 1.807) is 0 Å². The molecule has 186 valence electrons. The van der Waals surface area contributed by atoms with Crippen molar-refractivity contribution in [3.8, 4) is 0 Å². The molecule has 0 N–H and O–H groups in total. The second-order valence-electron chi connectivity index (χ2n) is 8.12. The molecule has 0 saturated heterocycles. The summed E-state index contributed by atoms with van der Waals surface area (Å²) in [6.07, 6.45) is 4.53. The number of unbranched alkanes of at least 4 members (excludes halogenated alkanes) is 15. The lowest BCUT2D eigenvalue weighted by Gasteiger charge is -2.40. The number of hydrogen-bond acceptors (Lipinski definition) is 3. The van der Waals surface area contributed by atoms with Crippen LogP contribution in [0.1, 0.15) is 110 Å². The van der Waals surface area contributed by atoms with Crippen LogP contribution in [0.2, 0.25) is 0 Å². The molecule has 0 aromatic carbocycles. The van der Waals surface area contributed by atoms with E-state index < -0.39 is 30.5 Å². The molecule has 0 fully saturated rings. The number of rotatable bonds is 18. The monoisotopic (exact) mass is 463 g/mol. The minimum absolute atomic E-state index is 0.121. The van der Waals surface area contributed by atoms with Gasteiger partial charge in [-0.25, -0.2) is 0 Å². The Bertz CT molecular complexity index is 449. The van der Waals surface area contributed by atoms with E-state index in [9.17, 15) is 36.2 Å². The van der Waals surface area contributed by atoms with Crippen LogP contribution in [0.25, 0.3) is 0 Å². The van der Waals surface area contributed by atoms with E-state index in [0.29, 0.717) is 6.42 Å². The van der Waals surface area contributed by atoms with Gasteiger partial charge in [-0.3, -0.25) is 4.79 Å². The predicted molar refractivity (Wildman–Crippen MR) is 105 cm³/mol. The van der Waals surface area contributed by atoms with E-state index in [-0.39, 0.29) is 6.42 Å². The van der Waals surface area contributed by atoms with Crippen molar-refractivity contribution in [2.75, 3.05) is 6.61 Å². The molecule has 0 aliphatic rings. The first-order valence-electron chi connectivity index (χ1n) is 11.5. The van der Waals surface area contributed by atoms with Gasteiger partial charge >= 0.3 is 18.3 Å². The highest BCUT2D eigenvalue weighted by Crippen LogP contribution is 2.41. The van der Waals surface area contributed by atoms with Crippen LogP contribution in [-0.4, -0.2) is 30.5 Å². The fraction of sp³-hybridized carbons (Fsp3) is 0.955. The normalized spacial score (nSPS) is 12.9. The smallest absolute Gasteiger partial charge is 0.399 e. The summed E-state index contributed by atoms with van der Waals surface area (Å²) in [5.74, 6) is -2.84. The quantitative estimate of drug-likeness (QED) is 0.125. The van der Waals surface area contributed by atoms with Gasteiger partial charge in [0.05, 0.1) is 6.61 Å². The van der Waals surface area contributed by atoms with Crippen LogP contribution in [0.3, 0.4) is 0 Å². The van der Waals surface area contributed by atoms with Crippen LogP contribution in [0.4, 0.5) is 26.3 Å². The molecule has 0 saturated carbocycles. The Hall–Kier alpha value is -0.990. The highest BCUT2D eigenvalue weighted by atomic mass is 19.4. The van der Waals surface area contributed by atoms with Crippen molar-refractivity contribution >= 4 is 5.97 Å². The maximum atomic E-state index is 12.4. The number of carbonyl (C=O) groups excluding carboxylic acids is 1. The molecule has 0 bridgehead atoms. The fourth-order valence-electron chi connectivity index (χ4n) is 3.31. The van der Waals surface area contributed by atoms with Crippen LogP contribution in [0.5, 0.6) is 0 Å². The first-order valence-corrected chi connectivity index (χ1v) is 11.5. The molecule has 0 amide bonds. The van der Waals surface area contributed by atoms with Crippen LogP contribution in [0.15, 0.2) is 0 Å². The van der Waals surface area contributed by atoms with Crippen molar-refractivity contribution in [2.45, 2.75) is 128 Å². The molecule has 31 heavy (non-hydrogen) atoms. The van der Waals surface area contributed by atoms with Gasteiger partial charge in [-0.05, 0) is 6.42 Å². The maximum Gasteiger partial charge on any atom is 0.399 e. The third-order valence-electron chi connectivity index (χ3n) is 5.32. The van der Waals surface area contributed by atoms with Crippen molar-refractivity contribution < 1.29 is 41.0 Å². The summed E-state index contributed by atoms with van der Waals surface area (Å²) in [7, 11) is 0. The molecule has 0 spiro atoms. The van der Waals surface area contributed by atoms with E-state index in [1.165, 1.54) is 57.8 Å². The van der Waals surface area contributed by atoms with E-state index in [2.05, 4.69) is 11.7 Å². The first-order chi connectivity index (χ1) is 14.5. The summed E-state index contributed by atoms with van der Waals surface area (Å²) in [5.41, 5.74) is -5.74. The minimum atomic E-state index is -6.31. The lowest BCUT2D eigenvalue weighted by molar-refractivity contribution is -0.574. The van der Waals surface area contributed by atoms with Crippen molar-refractivity contribution in [2.24, 2.45) is 0 Å². The maximum absolute atomic E-state index is 12.4. The summed E-state index contributed by atoms with van der Waals surface area (Å²) >= 11 is 0. The van der Waals surface area contributed by atoms with E-state index in [4.69, 9.17) is 0 Å². The van der Waals surface area contributed by atoms with Gasteiger partial charge in [0, 0.05) is 0 Å². The number of hydrogen-bond donors (Lipinski definition) is 0. The van der Waals surface area contributed by atoms with Gasteiger partial charge in [-0.2, -0.15) is 26.3 Å². The molecule has 9 heteroatoms. The van der Waals surface area contributed by atoms with Gasteiger partial charge in [-0.15, -0.1) is 0 Å². The number of ether oxygens (including phenoxy) is 1. The Morgan fingerprint density at radius 1 is 0.613 bits per heavy atom. The second-order valence-corrected chi connectivity index (χ2v) is 8.12. The third-order valence-corrected chi connectivity index (χ3v) is 5.32. The SMILES string of the molecule is CCCCCCCCCCCCCCCCCCOC(=O)C([O-])(C(F)(F)F)C(F)(F)F. The molecule has 0 rings (SSSR count). The van der Waals surface area contributed by atoms with Crippen molar-refractivity contribution in [3.05, 3.63) is 0 Å². The van der Waals surface area contributed by atoms with Crippen molar-refractivity contribution in [3.63, 3.8) is 0 Å². The van der Waals surface area contributed by atoms with Crippen molar-refractivity contribution in [1.29, 1.82) is 0 Å². The predicted octanol–water partition coefficient (Wildman–Crippen LogP) is 7.01. The molecule has 0 unspecified atom stereocenters. The molecule has 0 atom stereocenters. The Kier molecular flexibility index (Phi) is 15.3. The van der Waals surface area contributed by atoms with E-state index in [1.807, 2.05) is 0 Å². The van der Waals surface area contributed by atoms with Gasteiger partial charge in [0.2, 0.25) is 0 Å². The Morgan fingerprint density at radius 2 is 0.903 bits per heavy atom. The van der Waals surface area contributed by atoms with Gasteiger partial charge < -0.3 is 9.84 Å². The lowest BCUT2D eigenvalue weighted by atomic mass is 10.0. The highest BCUT2D eigenvalue weighted by Gasteiger charge is 2.68. The first kappa shape index (κ1) is 30.0. The zero-order chi connectivity index (χ0) is 23.8. The number of halogens is 6. The number of alkyl halides is 6. The number of carbonyl (C=O) groups is 1. The fourth-order valence-corrected chi connectivity index (χ4v) is 3.31. The lowest BCUT2D eigenvalue weighted by Crippen LogP contribution is -2.71. The van der Waals surface area contributed by atoms with Crippen LogP contribution in [0, 0.1) is 0 Å². The summed E-state index contributed by atoms with van der Waals surface area (Å²) in [5, 5.41) is 11.1. The molecular formula is C22H37F6O3-. The molecule has 0 heterocycles. The van der Waals surface area contributed by atoms with Gasteiger partial charge in [-0.1, -0.05) is 103 Å². The third kappa shape index (κ3) is 12.0. The Morgan fingerprint density at radius 3 is 1.19 bits per heavy atom. The largest absolute Gasteiger partial charge is 0.828 e. The summed E-state index contributed by atoms with van der Waals surface area (Å²) in [6.45, 7) is 1.58. The Labute approximate surface area is 181 Å². The zero-order valence-corrected chi connectivity index (χ0v) is 18.5. The topological polar surface area (TPSA) is 49.4 Å². The molecule has 3 nitrogen and oxygen atoms in total. The van der Waals surface area contributed by atoms with E-state index in [0.717, 1.165) is 32.1 Å². The highest BCUT2D eigenvalue weighted by molar-refractivity contribution is 5.81. The zero-order valence-electron chi connectivity index (χ0n) is 18.5. The Balaban J connectivity index is 3.65. The summed E-state index contributed by atoms with van der Waals surface area (Å²) in [6, 6.07) is 0. The molecule has 0 aromatic rings. The standard InChI is InChI=1S/C22H37F6O3/c1-2-3-4-5-6-7-8-9-10-11-12-13-14-15-16-17-18-31-19(29)20(30,21(23,24)25)22(26,27)28/h2-18H2,1H3/q-1. The van der Waals surface area contributed by atoms with Crippen LogP contribution >= 0.6 is 0 Å². The summed E-state index contributed by atoms with van der Waals surface area (Å²) in [4.78, 5) is 11.1. The summed E-state index contributed by atoms with van der Waals surface area (Å²) < 4.78 is 78.6. The molecule has 0 aromatic heterocycles. The molecule has 0 radical (unpaired) electrons.